The molecule has 19 heavy (non-hydrogen) atoms. The first kappa shape index (κ1) is 17.0. The van der Waals surface area contributed by atoms with Gasteiger partial charge in [0.05, 0.1) is 18.4 Å². The summed E-state index contributed by atoms with van der Waals surface area (Å²) in [5, 5.41) is 19.9. The maximum absolute atomic E-state index is 11.6. The van der Waals surface area contributed by atoms with E-state index in [4.69, 9.17) is 5.11 Å². The second-order valence-corrected chi connectivity index (χ2v) is 4.16. The van der Waals surface area contributed by atoms with E-state index in [1.165, 1.54) is 13.8 Å². The van der Waals surface area contributed by atoms with Gasteiger partial charge in [0, 0.05) is 6.92 Å². The number of carboxylic acid groups (broad SMARTS) is 1. The number of hydrogen-bond donors (Lipinski definition) is 3. The van der Waals surface area contributed by atoms with Gasteiger partial charge in [-0.15, -0.1) is 0 Å². The van der Waals surface area contributed by atoms with Crippen molar-refractivity contribution in [1.82, 2.24) is 5.32 Å². The van der Waals surface area contributed by atoms with Gasteiger partial charge in [-0.25, -0.2) is 4.79 Å². The zero-order valence-electron chi connectivity index (χ0n) is 10.9. The monoisotopic (exact) mass is 275 g/mol. The van der Waals surface area contributed by atoms with E-state index < -0.39 is 48.3 Å². The van der Waals surface area contributed by atoms with Crippen LogP contribution < -0.4 is 5.32 Å². The lowest BCUT2D eigenvalue weighted by Crippen LogP contribution is -2.48. The van der Waals surface area contributed by atoms with Gasteiger partial charge in [-0.2, -0.15) is 0 Å². The fourth-order valence-corrected chi connectivity index (χ4v) is 1.20. The van der Waals surface area contributed by atoms with Crippen molar-refractivity contribution in [2.24, 2.45) is 5.92 Å². The van der Waals surface area contributed by atoms with E-state index in [9.17, 15) is 24.3 Å². The van der Waals surface area contributed by atoms with E-state index in [-0.39, 0.29) is 0 Å². The van der Waals surface area contributed by atoms with Gasteiger partial charge in [-0.3, -0.25) is 14.4 Å². The summed E-state index contributed by atoms with van der Waals surface area (Å²) in [5.74, 6) is -4.94. The molecule has 0 bridgehead atoms. The highest BCUT2D eigenvalue weighted by atomic mass is 16.6. The summed E-state index contributed by atoms with van der Waals surface area (Å²) >= 11 is 0. The molecular weight excluding hydrogens is 258 g/mol. The average Bonchev–Trinajstić information content (AvgIpc) is 2.23. The van der Waals surface area contributed by atoms with Gasteiger partial charge >= 0.3 is 17.9 Å². The van der Waals surface area contributed by atoms with Crippen molar-refractivity contribution in [2.75, 3.05) is 0 Å². The molecule has 1 amide bonds. The summed E-state index contributed by atoms with van der Waals surface area (Å²) in [6.45, 7) is 3.67. The number of aliphatic hydroxyl groups excluding tert-OH is 1. The minimum absolute atomic E-state index is 0.481. The van der Waals surface area contributed by atoms with Crippen molar-refractivity contribution in [3.05, 3.63) is 0 Å². The first-order valence-corrected chi connectivity index (χ1v) is 5.57. The molecule has 1 unspecified atom stereocenters. The third-order valence-electron chi connectivity index (χ3n) is 2.18. The number of amides is 1. The molecule has 0 spiro atoms. The fraction of sp³-hybridized carbons (Fsp3) is 0.636. The van der Waals surface area contributed by atoms with E-state index in [2.05, 4.69) is 10.1 Å². The molecule has 3 N–H and O–H groups in total. The highest BCUT2D eigenvalue weighted by Gasteiger charge is 2.30. The number of carboxylic acids is 1. The van der Waals surface area contributed by atoms with Crippen LogP contribution >= 0.6 is 0 Å². The molecule has 0 heterocycles. The molecule has 0 saturated carbocycles. The van der Waals surface area contributed by atoms with Crippen LogP contribution in [0.3, 0.4) is 0 Å². The smallest absolute Gasteiger partial charge is 0.339 e. The van der Waals surface area contributed by atoms with Crippen molar-refractivity contribution >= 4 is 23.8 Å². The van der Waals surface area contributed by atoms with Crippen LogP contribution in [-0.4, -0.2) is 46.2 Å². The zero-order valence-corrected chi connectivity index (χ0v) is 10.9. The van der Waals surface area contributed by atoms with Gasteiger partial charge in [0.25, 0.3) is 0 Å². The predicted molar refractivity (Wildman–Crippen MR) is 61.8 cm³/mol. The second kappa shape index (κ2) is 7.47. The first-order chi connectivity index (χ1) is 8.65. The number of hydrogen-bond acceptors (Lipinski definition) is 6. The Hall–Kier alpha value is -1.96. The fourth-order valence-electron chi connectivity index (χ4n) is 1.20. The number of nitrogens with one attached hydrogen (secondary N) is 1. The standard InChI is InChI=1S/C11H17NO7/c1-5(4-8(15)16)10(17)19-11(18)9(6(2)13)12-7(3)14/h5-6,9,13H,4H2,1-3H3,(H,12,14)(H,15,16)/t5?,6-,9+/m1/s1. The highest BCUT2D eigenvalue weighted by Crippen LogP contribution is 2.06. The zero-order chi connectivity index (χ0) is 15.2. The van der Waals surface area contributed by atoms with Crippen LogP contribution in [0, 0.1) is 5.92 Å². The quantitative estimate of drug-likeness (QED) is 0.421. The number of esters is 2. The van der Waals surface area contributed by atoms with Crippen LogP contribution in [0.25, 0.3) is 0 Å². The summed E-state index contributed by atoms with van der Waals surface area (Å²) in [7, 11) is 0. The molecule has 0 aliphatic carbocycles. The molecular formula is C11H17NO7. The van der Waals surface area contributed by atoms with Gasteiger partial charge in [0.15, 0.2) is 6.04 Å². The number of ether oxygens (including phenoxy) is 1. The highest BCUT2D eigenvalue weighted by molar-refractivity contribution is 5.92. The maximum Gasteiger partial charge on any atom is 0.339 e. The minimum atomic E-state index is -1.38. The summed E-state index contributed by atoms with van der Waals surface area (Å²) in [6.07, 6.45) is -1.73. The van der Waals surface area contributed by atoms with E-state index in [1.807, 2.05) is 0 Å². The molecule has 108 valence electrons. The lowest BCUT2D eigenvalue weighted by Gasteiger charge is -2.19. The number of aliphatic hydroxyl groups is 1. The van der Waals surface area contributed by atoms with Gasteiger partial charge in [0.2, 0.25) is 5.91 Å². The van der Waals surface area contributed by atoms with Gasteiger partial charge in [-0.1, -0.05) is 6.92 Å². The molecule has 0 fully saturated rings. The van der Waals surface area contributed by atoms with Crippen molar-refractivity contribution < 1.29 is 34.1 Å². The summed E-state index contributed by atoms with van der Waals surface area (Å²) in [4.78, 5) is 44.2. The Bertz CT molecular complexity index is 377. The maximum atomic E-state index is 11.6. The Labute approximate surface area is 109 Å². The van der Waals surface area contributed by atoms with Crippen LogP contribution in [0.1, 0.15) is 27.2 Å². The lowest BCUT2D eigenvalue weighted by atomic mass is 10.1. The molecule has 3 atom stereocenters. The second-order valence-electron chi connectivity index (χ2n) is 4.16. The van der Waals surface area contributed by atoms with Crippen molar-refractivity contribution in [2.45, 2.75) is 39.3 Å². The summed E-state index contributed by atoms with van der Waals surface area (Å²) < 4.78 is 4.42. The van der Waals surface area contributed by atoms with Crippen molar-refractivity contribution in [1.29, 1.82) is 0 Å². The van der Waals surface area contributed by atoms with Gasteiger partial charge < -0.3 is 20.3 Å². The van der Waals surface area contributed by atoms with Crippen LogP contribution in [-0.2, 0) is 23.9 Å². The van der Waals surface area contributed by atoms with E-state index in [0.717, 1.165) is 6.92 Å². The van der Waals surface area contributed by atoms with Crippen LogP contribution in [0.4, 0.5) is 0 Å². The average molecular weight is 275 g/mol. The van der Waals surface area contributed by atoms with Crippen molar-refractivity contribution in [3.63, 3.8) is 0 Å². The SMILES string of the molecule is CC(=O)N[C@H](C(=O)OC(=O)C(C)CC(=O)O)[C@@H](C)O. The molecule has 0 aromatic carbocycles. The largest absolute Gasteiger partial charge is 0.481 e. The summed E-state index contributed by atoms with van der Waals surface area (Å²) in [5.41, 5.74) is 0. The predicted octanol–water partition coefficient (Wildman–Crippen LogP) is -0.947. The van der Waals surface area contributed by atoms with Crippen molar-refractivity contribution in [3.8, 4) is 0 Å². The molecule has 8 nitrogen and oxygen atoms in total. The minimum Gasteiger partial charge on any atom is -0.481 e. The molecule has 0 aromatic heterocycles. The summed E-state index contributed by atoms with van der Waals surface area (Å²) in [6, 6.07) is -1.38. The molecule has 0 rings (SSSR count). The van der Waals surface area contributed by atoms with E-state index >= 15 is 0 Å². The first-order valence-electron chi connectivity index (χ1n) is 5.57. The van der Waals surface area contributed by atoms with Gasteiger partial charge in [0.1, 0.15) is 0 Å². The molecule has 0 saturated heterocycles. The van der Waals surface area contributed by atoms with Gasteiger partial charge in [-0.05, 0) is 6.92 Å². The Kier molecular flexibility index (Phi) is 6.70. The van der Waals surface area contributed by atoms with E-state index in [1.54, 1.807) is 0 Å². The number of carbonyl (C=O) groups is 4. The third-order valence-corrected chi connectivity index (χ3v) is 2.18. The van der Waals surface area contributed by atoms with E-state index in [0.29, 0.717) is 0 Å². The normalized spacial score (nSPS) is 14.9. The third kappa shape index (κ3) is 6.51. The number of rotatable bonds is 6. The Balaban J connectivity index is 4.59. The van der Waals surface area contributed by atoms with Crippen LogP contribution in [0.2, 0.25) is 0 Å². The number of carbonyl (C=O) groups excluding carboxylic acids is 3. The Morgan fingerprint density at radius 1 is 1.16 bits per heavy atom. The topological polar surface area (TPSA) is 130 Å². The number of aliphatic carboxylic acids is 1. The molecule has 0 aliphatic heterocycles. The molecule has 0 aromatic rings. The molecule has 0 radical (unpaired) electrons. The molecule has 0 aliphatic rings. The van der Waals surface area contributed by atoms with Crippen LogP contribution in [0.5, 0.6) is 0 Å². The molecule has 8 heteroatoms. The lowest BCUT2D eigenvalue weighted by molar-refractivity contribution is -0.167. The van der Waals surface area contributed by atoms with Crippen LogP contribution in [0.15, 0.2) is 0 Å². The Morgan fingerprint density at radius 3 is 2.05 bits per heavy atom. The Morgan fingerprint density at radius 2 is 1.68 bits per heavy atom.